The van der Waals surface area contributed by atoms with Crippen LogP contribution in [0.2, 0.25) is 0 Å². The number of hydrogen-bond donors (Lipinski definition) is 0. The molecule has 0 radical (unpaired) electrons. The average Bonchev–Trinajstić information content (AvgIpc) is 2.46. The van der Waals surface area contributed by atoms with Gasteiger partial charge in [-0.15, -0.1) is 0 Å². The predicted molar refractivity (Wildman–Crippen MR) is 67.2 cm³/mol. The molecule has 2 rings (SSSR count). The average molecular weight is 261 g/mol. The molecular weight excluding hydrogens is 250 g/mol. The number of carbonyl (C=O) groups excluding carboxylic acids is 1. The molecule has 0 amide bonds. The second-order valence-electron chi connectivity index (χ2n) is 3.36. The van der Waals surface area contributed by atoms with Gasteiger partial charge in [0.15, 0.2) is 0 Å². The van der Waals surface area contributed by atoms with Crippen molar-refractivity contribution in [2.24, 2.45) is 0 Å². The zero-order valence-corrected chi connectivity index (χ0v) is 10.6. The molecule has 2 aromatic rings. The SMILES string of the molecule is COC(=O)c1ccc(CSc2cnccn2)nc1. The van der Waals surface area contributed by atoms with E-state index in [4.69, 9.17) is 0 Å². The Kier molecular flexibility index (Phi) is 4.25. The Labute approximate surface area is 109 Å². The minimum atomic E-state index is -0.379. The van der Waals surface area contributed by atoms with Crippen LogP contribution in [0.25, 0.3) is 0 Å². The van der Waals surface area contributed by atoms with E-state index in [9.17, 15) is 4.79 Å². The summed E-state index contributed by atoms with van der Waals surface area (Å²) in [5, 5.41) is 0.844. The Morgan fingerprint density at radius 3 is 2.78 bits per heavy atom. The van der Waals surface area contributed by atoms with Crippen LogP contribution in [0, 0.1) is 0 Å². The largest absolute Gasteiger partial charge is 0.465 e. The number of carbonyl (C=O) groups is 1. The molecule has 6 heteroatoms. The standard InChI is InChI=1S/C12H11N3O2S/c1-17-12(16)9-2-3-10(15-6-9)8-18-11-7-13-4-5-14-11/h2-7H,8H2,1H3. The third kappa shape index (κ3) is 3.27. The molecule has 5 nitrogen and oxygen atoms in total. The number of rotatable bonds is 4. The third-order valence-corrected chi connectivity index (χ3v) is 3.10. The topological polar surface area (TPSA) is 65.0 Å². The van der Waals surface area contributed by atoms with E-state index in [0.29, 0.717) is 11.3 Å². The molecule has 0 saturated carbocycles. The van der Waals surface area contributed by atoms with E-state index in [1.807, 2.05) is 0 Å². The zero-order chi connectivity index (χ0) is 12.8. The van der Waals surface area contributed by atoms with Gasteiger partial charge in [0.1, 0.15) is 5.03 Å². The van der Waals surface area contributed by atoms with E-state index in [0.717, 1.165) is 10.7 Å². The minimum Gasteiger partial charge on any atom is -0.465 e. The molecule has 2 heterocycles. The second-order valence-corrected chi connectivity index (χ2v) is 4.36. The van der Waals surface area contributed by atoms with Gasteiger partial charge in [-0.25, -0.2) is 9.78 Å². The number of hydrogen-bond acceptors (Lipinski definition) is 6. The van der Waals surface area contributed by atoms with Crippen molar-refractivity contribution in [1.82, 2.24) is 15.0 Å². The van der Waals surface area contributed by atoms with E-state index < -0.39 is 0 Å². The summed E-state index contributed by atoms with van der Waals surface area (Å²) in [5.74, 6) is 0.302. The van der Waals surface area contributed by atoms with Crippen molar-refractivity contribution in [2.75, 3.05) is 7.11 Å². The lowest BCUT2D eigenvalue weighted by Gasteiger charge is -2.02. The fraction of sp³-hybridized carbons (Fsp3) is 0.167. The van der Waals surface area contributed by atoms with Crippen LogP contribution in [-0.2, 0) is 10.5 Å². The van der Waals surface area contributed by atoms with Crippen molar-refractivity contribution in [3.8, 4) is 0 Å². The molecule has 0 saturated heterocycles. The lowest BCUT2D eigenvalue weighted by molar-refractivity contribution is 0.0600. The Morgan fingerprint density at radius 1 is 1.28 bits per heavy atom. The zero-order valence-electron chi connectivity index (χ0n) is 9.74. The van der Waals surface area contributed by atoms with Crippen molar-refractivity contribution in [1.29, 1.82) is 0 Å². The summed E-state index contributed by atoms with van der Waals surface area (Å²) in [5.41, 5.74) is 1.32. The highest BCUT2D eigenvalue weighted by atomic mass is 32.2. The Bertz CT molecular complexity index is 517. The second kappa shape index (κ2) is 6.11. The summed E-state index contributed by atoms with van der Waals surface area (Å²) in [6, 6.07) is 3.50. The lowest BCUT2D eigenvalue weighted by atomic mass is 10.2. The normalized spacial score (nSPS) is 10.1. The van der Waals surface area contributed by atoms with Gasteiger partial charge in [0.25, 0.3) is 0 Å². The lowest BCUT2D eigenvalue weighted by Crippen LogP contribution is -2.02. The van der Waals surface area contributed by atoms with Gasteiger partial charge >= 0.3 is 5.97 Å². The van der Waals surface area contributed by atoms with Crippen molar-refractivity contribution in [2.45, 2.75) is 10.8 Å². The summed E-state index contributed by atoms with van der Waals surface area (Å²) in [6.45, 7) is 0. The van der Waals surface area contributed by atoms with E-state index in [1.165, 1.54) is 13.3 Å². The van der Waals surface area contributed by atoms with Gasteiger partial charge in [0.2, 0.25) is 0 Å². The first-order valence-electron chi connectivity index (χ1n) is 5.21. The first-order valence-corrected chi connectivity index (χ1v) is 6.20. The number of pyridine rings is 1. The summed E-state index contributed by atoms with van der Waals surface area (Å²) in [7, 11) is 1.35. The van der Waals surface area contributed by atoms with Crippen LogP contribution in [0.5, 0.6) is 0 Å². The molecule has 92 valence electrons. The summed E-state index contributed by atoms with van der Waals surface area (Å²) < 4.78 is 4.60. The van der Waals surface area contributed by atoms with E-state index in [-0.39, 0.29) is 5.97 Å². The number of aromatic nitrogens is 3. The van der Waals surface area contributed by atoms with Crippen LogP contribution in [-0.4, -0.2) is 28.0 Å². The number of thioether (sulfide) groups is 1. The minimum absolute atomic E-state index is 0.379. The monoisotopic (exact) mass is 261 g/mol. The van der Waals surface area contributed by atoms with Crippen LogP contribution in [0.3, 0.4) is 0 Å². The molecule has 0 aromatic carbocycles. The fourth-order valence-electron chi connectivity index (χ4n) is 1.26. The number of esters is 1. The molecule has 0 atom stereocenters. The maximum absolute atomic E-state index is 11.2. The fourth-order valence-corrected chi connectivity index (χ4v) is 1.99. The number of ether oxygens (including phenoxy) is 1. The van der Waals surface area contributed by atoms with Gasteiger partial charge in [-0.2, -0.15) is 0 Å². The summed E-state index contributed by atoms with van der Waals surface area (Å²) in [4.78, 5) is 23.5. The number of methoxy groups -OCH3 is 1. The number of nitrogens with zero attached hydrogens (tertiary/aromatic N) is 3. The highest BCUT2D eigenvalue weighted by Gasteiger charge is 2.05. The molecule has 0 aliphatic carbocycles. The van der Waals surface area contributed by atoms with E-state index in [1.54, 1.807) is 42.5 Å². The van der Waals surface area contributed by atoms with Crippen molar-refractivity contribution >= 4 is 17.7 Å². The van der Waals surface area contributed by atoms with Crippen LogP contribution < -0.4 is 0 Å². The molecule has 0 aliphatic rings. The molecule has 0 fully saturated rings. The smallest absolute Gasteiger partial charge is 0.339 e. The van der Waals surface area contributed by atoms with Crippen LogP contribution in [0.1, 0.15) is 16.1 Å². The maximum Gasteiger partial charge on any atom is 0.339 e. The summed E-state index contributed by atoms with van der Waals surface area (Å²) in [6.07, 6.45) is 6.50. The van der Waals surface area contributed by atoms with Crippen molar-refractivity contribution < 1.29 is 9.53 Å². The van der Waals surface area contributed by atoms with Gasteiger partial charge in [-0.1, -0.05) is 11.8 Å². The molecule has 0 aliphatic heterocycles. The van der Waals surface area contributed by atoms with Gasteiger partial charge in [-0.05, 0) is 12.1 Å². The van der Waals surface area contributed by atoms with Crippen molar-refractivity contribution in [3.05, 3.63) is 48.2 Å². The molecule has 0 N–H and O–H groups in total. The molecule has 0 bridgehead atoms. The quantitative estimate of drug-likeness (QED) is 0.619. The van der Waals surface area contributed by atoms with Crippen molar-refractivity contribution in [3.63, 3.8) is 0 Å². The predicted octanol–water partition coefficient (Wildman–Crippen LogP) is 1.95. The van der Waals surface area contributed by atoms with Crippen LogP contribution >= 0.6 is 11.8 Å². The first kappa shape index (κ1) is 12.5. The molecule has 0 unspecified atom stereocenters. The molecule has 2 aromatic heterocycles. The van der Waals surface area contributed by atoms with Gasteiger partial charge in [-0.3, -0.25) is 9.97 Å². The Hall–Kier alpha value is -1.95. The molecule has 0 spiro atoms. The van der Waals surface area contributed by atoms with E-state index in [2.05, 4.69) is 19.7 Å². The first-order chi connectivity index (χ1) is 8.79. The summed E-state index contributed by atoms with van der Waals surface area (Å²) >= 11 is 1.54. The van der Waals surface area contributed by atoms with Gasteiger partial charge in [0.05, 0.1) is 24.6 Å². The molecular formula is C12H11N3O2S. The highest BCUT2D eigenvalue weighted by Crippen LogP contribution is 2.18. The van der Waals surface area contributed by atoms with Gasteiger partial charge < -0.3 is 4.74 Å². The van der Waals surface area contributed by atoms with Gasteiger partial charge in [0, 0.05) is 24.3 Å². The highest BCUT2D eigenvalue weighted by molar-refractivity contribution is 7.98. The van der Waals surface area contributed by atoms with E-state index >= 15 is 0 Å². The van der Waals surface area contributed by atoms with Crippen LogP contribution in [0.4, 0.5) is 0 Å². The Morgan fingerprint density at radius 2 is 2.17 bits per heavy atom. The third-order valence-electron chi connectivity index (χ3n) is 2.15. The Balaban J connectivity index is 1.97. The maximum atomic E-state index is 11.2. The molecule has 18 heavy (non-hydrogen) atoms. The van der Waals surface area contributed by atoms with Crippen LogP contribution in [0.15, 0.2) is 41.9 Å².